The van der Waals surface area contributed by atoms with Crippen molar-refractivity contribution in [3.63, 3.8) is 0 Å². The lowest BCUT2D eigenvalue weighted by Gasteiger charge is -2.25. The molecule has 108 valence electrons. The van der Waals surface area contributed by atoms with Gasteiger partial charge in [0.15, 0.2) is 0 Å². The van der Waals surface area contributed by atoms with Crippen molar-refractivity contribution in [2.24, 2.45) is 0 Å². The molecule has 0 aliphatic carbocycles. The molecule has 1 atom stereocenters. The fraction of sp³-hybridized carbons (Fsp3) is 0.417. The van der Waals surface area contributed by atoms with Crippen LogP contribution in [-0.4, -0.2) is 28.6 Å². The smallest absolute Gasteiger partial charge is 0.305 e. The molecule has 0 radical (unpaired) electrons. The number of rotatable bonds is 4. The van der Waals surface area contributed by atoms with Crippen LogP contribution in [0.2, 0.25) is 5.02 Å². The summed E-state index contributed by atoms with van der Waals surface area (Å²) in [7, 11) is 0. The zero-order chi connectivity index (χ0) is 14.9. The lowest BCUT2D eigenvalue weighted by atomic mass is 10.1. The Hall–Kier alpha value is -1.89. The van der Waals surface area contributed by atoms with E-state index in [1.54, 1.807) is 4.90 Å². The van der Waals surface area contributed by atoms with Gasteiger partial charge >= 0.3 is 5.97 Å². The predicted octanol–water partition coefficient (Wildman–Crippen LogP) is 2.83. The lowest BCUT2D eigenvalue weighted by molar-refractivity contribution is -0.384. The summed E-state index contributed by atoms with van der Waals surface area (Å²) in [6.07, 6.45) is 1.18. The second-order valence-electron chi connectivity index (χ2n) is 4.60. The SMILES string of the molecule is O=C(O)CC1CCCN1c1cc(F)c(Cl)cc1[N+](=O)[O-]. The summed E-state index contributed by atoms with van der Waals surface area (Å²) < 4.78 is 13.6. The van der Waals surface area contributed by atoms with Gasteiger partial charge in [0.1, 0.15) is 11.5 Å². The molecule has 1 aliphatic heterocycles. The second-order valence-corrected chi connectivity index (χ2v) is 5.01. The van der Waals surface area contributed by atoms with Gasteiger partial charge in [-0.2, -0.15) is 0 Å². The van der Waals surface area contributed by atoms with Gasteiger partial charge in [0.2, 0.25) is 0 Å². The van der Waals surface area contributed by atoms with E-state index < -0.39 is 16.7 Å². The molecule has 1 aliphatic rings. The number of halogens is 2. The number of carboxylic acid groups (broad SMARTS) is 1. The van der Waals surface area contributed by atoms with Gasteiger partial charge in [0.25, 0.3) is 5.69 Å². The Bertz CT molecular complexity index is 567. The van der Waals surface area contributed by atoms with E-state index in [1.165, 1.54) is 0 Å². The summed E-state index contributed by atoms with van der Waals surface area (Å²) in [6.45, 7) is 0.458. The van der Waals surface area contributed by atoms with Crippen LogP contribution >= 0.6 is 11.6 Å². The van der Waals surface area contributed by atoms with Crippen molar-refractivity contribution in [3.05, 3.63) is 33.1 Å². The van der Waals surface area contributed by atoms with E-state index in [-0.39, 0.29) is 28.9 Å². The quantitative estimate of drug-likeness (QED) is 0.683. The predicted molar refractivity (Wildman–Crippen MR) is 70.7 cm³/mol. The highest BCUT2D eigenvalue weighted by atomic mass is 35.5. The largest absolute Gasteiger partial charge is 0.481 e. The molecule has 1 unspecified atom stereocenters. The van der Waals surface area contributed by atoms with E-state index in [0.29, 0.717) is 19.4 Å². The van der Waals surface area contributed by atoms with Crippen molar-refractivity contribution < 1.29 is 19.2 Å². The Labute approximate surface area is 118 Å². The second kappa shape index (κ2) is 5.62. The topological polar surface area (TPSA) is 83.7 Å². The third kappa shape index (κ3) is 2.82. The number of nitro benzene ring substituents is 1. The summed E-state index contributed by atoms with van der Waals surface area (Å²) in [5.74, 6) is -1.74. The molecule has 20 heavy (non-hydrogen) atoms. The highest BCUT2D eigenvalue weighted by Crippen LogP contribution is 2.37. The third-order valence-electron chi connectivity index (χ3n) is 3.31. The number of carbonyl (C=O) groups is 1. The fourth-order valence-electron chi connectivity index (χ4n) is 2.47. The van der Waals surface area contributed by atoms with Gasteiger partial charge in [-0.25, -0.2) is 4.39 Å². The molecule has 1 aromatic rings. The summed E-state index contributed by atoms with van der Waals surface area (Å²) in [4.78, 5) is 22.8. The van der Waals surface area contributed by atoms with Crippen LogP contribution in [0.4, 0.5) is 15.8 Å². The average molecular weight is 303 g/mol. The molecule has 0 amide bonds. The molecule has 0 aromatic heterocycles. The van der Waals surface area contributed by atoms with Gasteiger partial charge in [-0.15, -0.1) is 0 Å². The van der Waals surface area contributed by atoms with E-state index in [0.717, 1.165) is 12.1 Å². The fourth-order valence-corrected chi connectivity index (χ4v) is 2.63. The molecular formula is C12H12ClFN2O4. The zero-order valence-corrected chi connectivity index (χ0v) is 11.1. The highest BCUT2D eigenvalue weighted by Gasteiger charge is 2.32. The van der Waals surface area contributed by atoms with E-state index >= 15 is 0 Å². The van der Waals surface area contributed by atoms with Crippen molar-refractivity contribution in [3.8, 4) is 0 Å². The van der Waals surface area contributed by atoms with E-state index in [4.69, 9.17) is 16.7 Å². The van der Waals surface area contributed by atoms with Crippen LogP contribution in [0.5, 0.6) is 0 Å². The number of hydrogen-bond acceptors (Lipinski definition) is 4. The first-order chi connectivity index (χ1) is 9.40. The van der Waals surface area contributed by atoms with Gasteiger partial charge in [0, 0.05) is 24.7 Å². The molecule has 1 saturated heterocycles. The van der Waals surface area contributed by atoms with Crippen molar-refractivity contribution in [1.29, 1.82) is 0 Å². The van der Waals surface area contributed by atoms with Gasteiger partial charge in [-0.3, -0.25) is 14.9 Å². The minimum absolute atomic E-state index is 0.0839. The standard InChI is InChI=1S/C12H12ClFN2O4/c13-8-5-11(16(19)20)10(6-9(8)14)15-3-1-2-7(15)4-12(17)18/h5-7H,1-4H2,(H,17,18). The Morgan fingerprint density at radius 3 is 2.90 bits per heavy atom. The molecule has 6 nitrogen and oxygen atoms in total. The Morgan fingerprint density at radius 2 is 2.30 bits per heavy atom. The number of aliphatic carboxylic acids is 1. The monoisotopic (exact) mass is 302 g/mol. The van der Waals surface area contributed by atoms with Crippen molar-refractivity contribution in [2.45, 2.75) is 25.3 Å². The molecule has 1 fully saturated rings. The normalized spacial score (nSPS) is 18.3. The summed E-state index contributed by atoms with van der Waals surface area (Å²) >= 11 is 5.57. The molecule has 1 heterocycles. The van der Waals surface area contributed by atoms with Crippen LogP contribution in [0.3, 0.4) is 0 Å². The molecule has 2 rings (SSSR count). The molecule has 1 N–H and O–H groups in total. The first-order valence-corrected chi connectivity index (χ1v) is 6.40. The number of hydrogen-bond donors (Lipinski definition) is 1. The van der Waals surface area contributed by atoms with Gasteiger partial charge < -0.3 is 10.0 Å². The lowest BCUT2D eigenvalue weighted by Crippen LogP contribution is -2.31. The number of benzene rings is 1. The van der Waals surface area contributed by atoms with Crippen LogP contribution < -0.4 is 4.90 Å². The number of nitrogens with zero attached hydrogens (tertiary/aromatic N) is 2. The molecule has 0 spiro atoms. The zero-order valence-electron chi connectivity index (χ0n) is 10.4. The Balaban J connectivity index is 2.42. The third-order valence-corrected chi connectivity index (χ3v) is 3.60. The first-order valence-electron chi connectivity index (χ1n) is 6.02. The summed E-state index contributed by atoms with van der Waals surface area (Å²) in [5.41, 5.74) is -0.227. The number of carboxylic acids is 1. The van der Waals surface area contributed by atoms with Crippen molar-refractivity contribution in [1.82, 2.24) is 0 Å². The minimum atomic E-state index is -0.987. The number of anilines is 1. The number of nitro groups is 1. The summed E-state index contributed by atoms with van der Waals surface area (Å²) in [6, 6.07) is 1.59. The van der Waals surface area contributed by atoms with E-state index in [2.05, 4.69) is 0 Å². The molecular weight excluding hydrogens is 291 g/mol. The molecule has 0 saturated carbocycles. The first kappa shape index (κ1) is 14.5. The van der Waals surface area contributed by atoms with Gasteiger partial charge in [-0.1, -0.05) is 11.6 Å². The Kier molecular flexibility index (Phi) is 4.08. The van der Waals surface area contributed by atoms with Crippen LogP contribution in [0.25, 0.3) is 0 Å². The van der Waals surface area contributed by atoms with E-state index in [1.807, 2.05) is 0 Å². The van der Waals surface area contributed by atoms with E-state index in [9.17, 15) is 19.3 Å². The Morgan fingerprint density at radius 1 is 1.60 bits per heavy atom. The maximum atomic E-state index is 13.6. The molecule has 8 heteroatoms. The maximum absolute atomic E-state index is 13.6. The van der Waals surface area contributed by atoms with Crippen molar-refractivity contribution in [2.75, 3.05) is 11.4 Å². The summed E-state index contributed by atoms with van der Waals surface area (Å²) in [5, 5.41) is 19.6. The van der Waals surface area contributed by atoms with Crippen LogP contribution in [0, 0.1) is 15.9 Å². The highest BCUT2D eigenvalue weighted by molar-refractivity contribution is 6.31. The van der Waals surface area contributed by atoms with Gasteiger partial charge in [0.05, 0.1) is 16.4 Å². The maximum Gasteiger partial charge on any atom is 0.305 e. The molecule has 0 bridgehead atoms. The van der Waals surface area contributed by atoms with Gasteiger partial charge in [-0.05, 0) is 12.8 Å². The average Bonchev–Trinajstić information content (AvgIpc) is 2.79. The van der Waals surface area contributed by atoms with Crippen LogP contribution in [-0.2, 0) is 4.79 Å². The van der Waals surface area contributed by atoms with Crippen molar-refractivity contribution >= 4 is 28.9 Å². The van der Waals surface area contributed by atoms with Crippen LogP contribution in [0.1, 0.15) is 19.3 Å². The van der Waals surface area contributed by atoms with Crippen LogP contribution in [0.15, 0.2) is 12.1 Å². The minimum Gasteiger partial charge on any atom is -0.481 e. The molecule has 1 aromatic carbocycles.